The van der Waals surface area contributed by atoms with E-state index in [4.69, 9.17) is 16.0 Å². The van der Waals surface area contributed by atoms with Crippen LogP contribution in [0.4, 0.5) is 0 Å². The maximum Gasteiger partial charge on any atom is 0.126 e. The molecule has 0 spiro atoms. The zero-order valence-corrected chi connectivity index (χ0v) is 7.27. The Morgan fingerprint density at radius 2 is 2.55 bits per heavy atom. The van der Waals surface area contributed by atoms with E-state index in [9.17, 15) is 0 Å². The third-order valence-corrected chi connectivity index (χ3v) is 1.86. The van der Waals surface area contributed by atoms with Gasteiger partial charge in [0.2, 0.25) is 0 Å². The highest BCUT2D eigenvalue weighted by Gasteiger charge is 1.93. The minimum Gasteiger partial charge on any atom is -0.465 e. The Bertz CT molecular complexity index is 218. The number of furan rings is 1. The lowest BCUT2D eigenvalue weighted by Gasteiger charge is -1.95. The van der Waals surface area contributed by atoms with Crippen molar-refractivity contribution in [2.75, 3.05) is 5.88 Å². The van der Waals surface area contributed by atoms with Gasteiger partial charge in [0, 0.05) is 5.88 Å². The van der Waals surface area contributed by atoms with Gasteiger partial charge in [0.25, 0.3) is 0 Å². The molecule has 0 aliphatic rings. The molecular weight excluding hydrogens is 160 g/mol. The molecule has 0 aromatic carbocycles. The molecule has 0 bridgehead atoms. The first kappa shape index (κ1) is 8.41. The van der Waals surface area contributed by atoms with E-state index in [0.717, 1.165) is 12.2 Å². The second-order valence-corrected chi connectivity index (χ2v) is 2.57. The van der Waals surface area contributed by atoms with Crippen molar-refractivity contribution in [1.82, 2.24) is 0 Å². The average molecular weight is 171 g/mol. The molecule has 0 saturated heterocycles. The van der Waals surface area contributed by atoms with E-state index in [1.54, 1.807) is 6.26 Å². The summed E-state index contributed by atoms with van der Waals surface area (Å²) in [5, 5.41) is 0. The van der Waals surface area contributed by atoms with Crippen molar-refractivity contribution in [3.63, 3.8) is 0 Å². The van der Waals surface area contributed by atoms with Crippen molar-refractivity contribution >= 4 is 17.7 Å². The number of alkyl halides is 1. The Kier molecular flexibility index (Phi) is 3.24. The summed E-state index contributed by atoms with van der Waals surface area (Å²) in [6, 6.07) is 3.79. The molecule has 0 fully saturated rings. The van der Waals surface area contributed by atoms with Gasteiger partial charge in [-0.1, -0.05) is 12.5 Å². The number of hydrogen-bond acceptors (Lipinski definition) is 1. The van der Waals surface area contributed by atoms with Crippen molar-refractivity contribution in [2.24, 2.45) is 0 Å². The van der Waals surface area contributed by atoms with Gasteiger partial charge in [0.15, 0.2) is 0 Å². The zero-order chi connectivity index (χ0) is 8.10. The highest BCUT2D eigenvalue weighted by atomic mass is 35.5. The molecule has 0 saturated carbocycles. The minimum absolute atomic E-state index is 0.581. The molecule has 0 N–H and O–H groups in total. The molecule has 0 radical (unpaired) electrons. The molecule has 0 atom stereocenters. The van der Waals surface area contributed by atoms with Gasteiger partial charge < -0.3 is 4.42 Å². The number of hydrogen-bond donors (Lipinski definition) is 0. The summed E-state index contributed by atoms with van der Waals surface area (Å²) in [6.07, 6.45) is 4.62. The lowest BCUT2D eigenvalue weighted by atomic mass is 10.2. The summed E-state index contributed by atoms with van der Waals surface area (Å²) in [5.74, 6) is 1.46. The van der Waals surface area contributed by atoms with E-state index in [-0.39, 0.29) is 0 Å². The lowest BCUT2D eigenvalue weighted by molar-refractivity contribution is 0.556. The van der Waals surface area contributed by atoms with Gasteiger partial charge >= 0.3 is 0 Å². The first-order chi connectivity index (χ1) is 5.36. The van der Waals surface area contributed by atoms with E-state index < -0.39 is 0 Å². The largest absolute Gasteiger partial charge is 0.465 e. The summed E-state index contributed by atoms with van der Waals surface area (Å²) >= 11 is 5.67. The normalized spacial score (nSPS) is 12.0. The molecule has 1 nitrogen and oxygen atoms in total. The van der Waals surface area contributed by atoms with Crippen LogP contribution in [0.15, 0.2) is 28.4 Å². The van der Waals surface area contributed by atoms with E-state index in [1.165, 1.54) is 5.57 Å². The molecule has 0 aliphatic carbocycles. The SMILES string of the molecule is CC/C(=C/c1ccco1)CCl. The molecule has 0 unspecified atom stereocenters. The Hall–Kier alpha value is -0.690. The fourth-order valence-corrected chi connectivity index (χ4v) is 1.08. The molecule has 1 rings (SSSR count). The first-order valence-corrected chi connectivity index (χ1v) is 4.19. The quantitative estimate of drug-likeness (QED) is 0.635. The van der Waals surface area contributed by atoms with Crippen LogP contribution in [0.1, 0.15) is 19.1 Å². The Morgan fingerprint density at radius 3 is 3.00 bits per heavy atom. The molecule has 0 amide bonds. The summed E-state index contributed by atoms with van der Waals surface area (Å²) in [7, 11) is 0. The van der Waals surface area contributed by atoms with Gasteiger partial charge in [-0.2, -0.15) is 0 Å². The predicted molar refractivity (Wildman–Crippen MR) is 47.7 cm³/mol. The van der Waals surface area contributed by atoms with Gasteiger partial charge in [-0.05, 0) is 24.6 Å². The highest BCUT2D eigenvalue weighted by molar-refractivity contribution is 6.19. The van der Waals surface area contributed by atoms with Crippen molar-refractivity contribution in [1.29, 1.82) is 0 Å². The van der Waals surface area contributed by atoms with Crippen LogP contribution in [0.5, 0.6) is 0 Å². The molecule has 60 valence electrons. The van der Waals surface area contributed by atoms with Crippen LogP contribution in [0.3, 0.4) is 0 Å². The predicted octanol–water partition coefficient (Wildman–Crippen LogP) is 3.31. The fraction of sp³-hybridized carbons (Fsp3) is 0.333. The Balaban J connectivity index is 2.71. The van der Waals surface area contributed by atoms with Crippen molar-refractivity contribution < 1.29 is 4.42 Å². The molecule has 11 heavy (non-hydrogen) atoms. The highest BCUT2D eigenvalue weighted by Crippen LogP contribution is 2.10. The standard InChI is InChI=1S/C9H11ClO/c1-2-8(7-10)6-9-4-3-5-11-9/h3-6H,2,7H2,1H3/b8-6-. The topological polar surface area (TPSA) is 13.1 Å². The van der Waals surface area contributed by atoms with Crippen molar-refractivity contribution in [3.05, 3.63) is 29.7 Å². The van der Waals surface area contributed by atoms with Crippen LogP contribution in [0, 0.1) is 0 Å². The molecule has 0 aliphatic heterocycles. The molecule has 1 heterocycles. The third-order valence-electron chi connectivity index (χ3n) is 1.52. The maximum absolute atomic E-state index is 5.67. The summed E-state index contributed by atoms with van der Waals surface area (Å²) in [5.41, 5.74) is 1.20. The number of rotatable bonds is 3. The average Bonchev–Trinajstić information content (AvgIpc) is 2.52. The Morgan fingerprint density at radius 1 is 1.73 bits per heavy atom. The second-order valence-electron chi connectivity index (χ2n) is 2.31. The summed E-state index contributed by atoms with van der Waals surface area (Å²) in [4.78, 5) is 0. The number of halogens is 1. The lowest BCUT2D eigenvalue weighted by Crippen LogP contribution is -1.80. The van der Waals surface area contributed by atoms with Gasteiger partial charge in [-0.25, -0.2) is 0 Å². The van der Waals surface area contributed by atoms with Crippen LogP contribution in [-0.2, 0) is 0 Å². The molecule has 1 aromatic rings. The zero-order valence-electron chi connectivity index (χ0n) is 6.51. The second kappa shape index (κ2) is 4.24. The van der Waals surface area contributed by atoms with Gasteiger partial charge in [0.1, 0.15) is 5.76 Å². The van der Waals surface area contributed by atoms with E-state index in [0.29, 0.717) is 5.88 Å². The van der Waals surface area contributed by atoms with E-state index in [2.05, 4.69) is 6.92 Å². The minimum atomic E-state index is 0.581. The molecule has 1 aromatic heterocycles. The first-order valence-electron chi connectivity index (χ1n) is 3.65. The Labute approximate surface area is 71.7 Å². The van der Waals surface area contributed by atoms with E-state index in [1.807, 2.05) is 18.2 Å². The van der Waals surface area contributed by atoms with Crippen LogP contribution in [0.2, 0.25) is 0 Å². The summed E-state index contributed by atoms with van der Waals surface area (Å²) in [6.45, 7) is 2.08. The van der Waals surface area contributed by atoms with Crippen LogP contribution in [0.25, 0.3) is 6.08 Å². The fourth-order valence-electron chi connectivity index (χ4n) is 0.810. The maximum atomic E-state index is 5.67. The third kappa shape index (κ3) is 2.43. The summed E-state index contributed by atoms with van der Waals surface area (Å²) < 4.78 is 5.13. The molecular formula is C9H11ClO. The van der Waals surface area contributed by atoms with Gasteiger partial charge in [-0.15, -0.1) is 11.6 Å². The van der Waals surface area contributed by atoms with Crippen LogP contribution in [-0.4, -0.2) is 5.88 Å². The van der Waals surface area contributed by atoms with Crippen molar-refractivity contribution in [2.45, 2.75) is 13.3 Å². The van der Waals surface area contributed by atoms with Crippen LogP contribution < -0.4 is 0 Å². The van der Waals surface area contributed by atoms with Gasteiger partial charge in [0.05, 0.1) is 6.26 Å². The van der Waals surface area contributed by atoms with Crippen LogP contribution >= 0.6 is 11.6 Å². The molecule has 2 heteroatoms. The smallest absolute Gasteiger partial charge is 0.126 e. The monoisotopic (exact) mass is 170 g/mol. The number of allylic oxidation sites excluding steroid dienone is 1. The van der Waals surface area contributed by atoms with Gasteiger partial charge in [-0.3, -0.25) is 0 Å². The van der Waals surface area contributed by atoms with E-state index >= 15 is 0 Å². The van der Waals surface area contributed by atoms with Crippen molar-refractivity contribution in [3.8, 4) is 0 Å².